The number of halogens is 1. The number of amides is 2. The summed E-state index contributed by atoms with van der Waals surface area (Å²) in [5.74, 6) is -0.651. The Morgan fingerprint density at radius 1 is 0.969 bits per heavy atom. The van der Waals surface area contributed by atoms with Gasteiger partial charge in [-0.2, -0.15) is 0 Å². The predicted molar refractivity (Wildman–Crippen MR) is 121 cm³/mol. The first-order valence-electron chi connectivity index (χ1n) is 10.6. The van der Waals surface area contributed by atoms with Crippen LogP contribution in [0.1, 0.15) is 15.9 Å². The second-order valence-corrected chi connectivity index (χ2v) is 7.90. The molecule has 164 valence electrons. The highest BCUT2D eigenvalue weighted by atomic mass is 19.1. The molecule has 1 atom stereocenters. The smallest absolute Gasteiger partial charge is 0.254 e. The highest BCUT2D eigenvalue weighted by Gasteiger charge is 2.44. The molecule has 0 unspecified atom stereocenters. The van der Waals surface area contributed by atoms with E-state index in [4.69, 9.17) is 4.74 Å². The van der Waals surface area contributed by atoms with Crippen molar-refractivity contribution in [2.45, 2.75) is 12.0 Å². The molecule has 1 aliphatic rings. The minimum atomic E-state index is -1.17. The summed E-state index contributed by atoms with van der Waals surface area (Å²) in [5, 5.41) is 2.70. The van der Waals surface area contributed by atoms with Gasteiger partial charge in [-0.1, -0.05) is 54.6 Å². The van der Waals surface area contributed by atoms with E-state index in [-0.39, 0.29) is 30.8 Å². The quantitative estimate of drug-likeness (QED) is 0.669. The zero-order valence-electron chi connectivity index (χ0n) is 17.9. The molecular weight excluding hydrogens is 407 g/mol. The van der Waals surface area contributed by atoms with E-state index in [1.165, 1.54) is 12.1 Å². The third-order valence-electron chi connectivity index (χ3n) is 5.76. The lowest BCUT2D eigenvalue weighted by molar-refractivity contribution is -0.156. The topological polar surface area (TPSA) is 58.6 Å². The maximum absolute atomic E-state index is 13.2. The number of rotatable bonds is 5. The van der Waals surface area contributed by atoms with Gasteiger partial charge in [-0.05, 0) is 41.0 Å². The molecule has 1 aliphatic heterocycles. The van der Waals surface area contributed by atoms with Crippen LogP contribution in [0.15, 0.2) is 78.9 Å². The van der Waals surface area contributed by atoms with E-state index in [9.17, 15) is 14.0 Å². The van der Waals surface area contributed by atoms with Gasteiger partial charge in [-0.15, -0.1) is 0 Å². The van der Waals surface area contributed by atoms with Crippen LogP contribution in [0.25, 0.3) is 11.1 Å². The maximum Gasteiger partial charge on any atom is 0.254 e. The normalized spacial score (nSPS) is 18.2. The zero-order valence-corrected chi connectivity index (χ0v) is 17.9. The number of hydrogen-bond donors (Lipinski definition) is 1. The van der Waals surface area contributed by atoms with Gasteiger partial charge in [0.25, 0.3) is 11.8 Å². The van der Waals surface area contributed by atoms with E-state index >= 15 is 0 Å². The highest BCUT2D eigenvalue weighted by Crippen LogP contribution is 2.27. The summed E-state index contributed by atoms with van der Waals surface area (Å²) in [6.45, 7) is 0.871. The Hall–Kier alpha value is -3.51. The molecule has 1 fully saturated rings. The van der Waals surface area contributed by atoms with Crippen LogP contribution in [0.4, 0.5) is 4.39 Å². The van der Waals surface area contributed by atoms with Crippen LogP contribution in [0.2, 0.25) is 0 Å². The largest absolute Gasteiger partial charge is 0.361 e. The number of nitrogens with zero attached hydrogens (tertiary/aromatic N) is 1. The molecule has 6 heteroatoms. The molecule has 0 spiro atoms. The first-order chi connectivity index (χ1) is 15.5. The number of ether oxygens (including phenoxy) is 1. The lowest BCUT2D eigenvalue weighted by Gasteiger charge is -2.41. The lowest BCUT2D eigenvalue weighted by Crippen LogP contribution is -2.61. The third kappa shape index (κ3) is 4.55. The van der Waals surface area contributed by atoms with Crippen molar-refractivity contribution in [3.05, 3.63) is 95.8 Å². The molecule has 3 aromatic rings. The van der Waals surface area contributed by atoms with E-state index in [1.807, 2.05) is 42.5 Å². The first-order valence-corrected chi connectivity index (χ1v) is 10.6. The fraction of sp³-hybridized carbons (Fsp3) is 0.231. The predicted octanol–water partition coefficient (Wildman–Crippen LogP) is 3.69. The number of hydrogen-bond acceptors (Lipinski definition) is 3. The van der Waals surface area contributed by atoms with Gasteiger partial charge >= 0.3 is 0 Å². The van der Waals surface area contributed by atoms with Crippen LogP contribution in [-0.2, 0) is 16.0 Å². The molecule has 4 rings (SSSR count). The number of carbonyl (C=O) groups excluding carboxylic acids is 2. The molecule has 0 aromatic heterocycles. The van der Waals surface area contributed by atoms with Gasteiger partial charge < -0.3 is 15.0 Å². The first kappa shape index (κ1) is 21.7. The Morgan fingerprint density at radius 2 is 1.59 bits per heavy atom. The SMILES string of the molecule is CNC(=O)[C@@]1(Cc2ccc(-c3ccc(F)cc3)cc2)CN(C(=O)c2ccccc2)CCO1. The van der Waals surface area contributed by atoms with Crippen molar-refractivity contribution in [3.63, 3.8) is 0 Å². The Morgan fingerprint density at radius 3 is 2.22 bits per heavy atom. The van der Waals surface area contributed by atoms with E-state index in [2.05, 4.69) is 5.32 Å². The van der Waals surface area contributed by atoms with Crippen LogP contribution in [0.5, 0.6) is 0 Å². The summed E-state index contributed by atoms with van der Waals surface area (Å²) in [4.78, 5) is 27.6. The molecule has 3 aromatic carbocycles. The molecule has 0 aliphatic carbocycles. The molecule has 1 saturated heterocycles. The number of likely N-dealkylation sites (N-methyl/N-ethyl adjacent to an activating group) is 1. The van der Waals surface area contributed by atoms with Crippen molar-refractivity contribution in [2.75, 3.05) is 26.7 Å². The van der Waals surface area contributed by atoms with Gasteiger partial charge in [0.2, 0.25) is 0 Å². The second-order valence-electron chi connectivity index (χ2n) is 7.90. The van der Waals surface area contributed by atoms with E-state index in [1.54, 1.807) is 36.2 Å². The van der Waals surface area contributed by atoms with Crippen LogP contribution in [0.3, 0.4) is 0 Å². The minimum Gasteiger partial charge on any atom is -0.361 e. The van der Waals surface area contributed by atoms with Gasteiger partial charge in [0.05, 0.1) is 13.2 Å². The van der Waals surface area contributed by atoms with Crippen molar-refractivity contribution in [2.24, 2.45) is 0 Å². The van der Waals surface area contributed by atoms with Crippen molar-refractivity contribution < 1.29 is 18.7 Å². The molecular formula is C26H25FN2O3. The third-order valence-corrected chi connectivity index (χ3v) is 5.76. The number of morpholine rings is 1. The lowest BCUT2D eigenvalue weighted by atomic mass is 9.90. The minimum absolute atomic E-state index is 0.117. The van der Waals surface area contributed by atoms with Crippen molar-refractivity contribution >= 4 is 11.8 Å². The standard InChI is InChI=1S/C26H25FN2O3/c1-28-25(31)26(18-29(15-16-32-26)24(30)22-5-3-2-4-6-22)17-19-7-9-20(10-8-19)21-11-13-23(27)14-12-21/h2-14H,15-18H2,1H3,(H,28,31)/t26-/m1/s1. The average Bonchev–Trinajstić information content (AvgIpc) is 2.85. The Labute approximate surface area is 186 Å². The van der Waals surface area contributed by atoms with Crippen molar-refractivity contribution in [1.82, 2.24) is 10.2 Å². The Balaban J connectivity index is 1.56. The van der Waals surface area contributed by atoms with E-state index in [0.717, 1.165) is 16.7 Å². The molecule has 0 saturated carbocycles. The molecule has 32 heavy (non-hydrogen) atoms. The van der Waals surface area contributed by atoms with Gasteiger partial charge in [0.1, 0.15) is 5.82 Å². The average molecular weight is 432 g/mol. The van der Waals surface area contributed by atoms with Crippen molar-refractivity contribution in [3.8, 4) is 11.1 Å². The fourth-order valence-corrected chi connectivity index (χ4v) is 4.06. The summed E-state index contributed by atoms with van der Waals surface area (Å²) < 4.78 is 19.2. The second kappa shape index (κ2) is 9.32. The van der Waals surface area contributed by atoms with Crippen LogP contribution >= 0.6 is 0 Å². The Bertz CT molecular complexity index is 1080. The summed E-state index contributed by atoms with van der Waals surface area (Å²) in [7, 11) is 1.57. The maximum atomic E-state index is 13.2. The molecule has 1 N–H and O–H groups in total. The van der Waals surface area contributed by atoms with Crippen LogP contribution in [0, 0.1) is 5.82 Å². The molecule has 5 nitrogen and oxygen atoms in total. The number of benzene rings is 3. The summed E-state index contributed by atoms with van der Waals surface area (Å²) in [6, 6.07) is 23.1. The number of nitrogens with one attached hydrogen (secondary N) is 1. The van der Waals surface area contributed by atoms with Gasteiger partial charge in [0, 0.05) is 25.6 Å². The monoisotopic (exact) mass is 432 g/mol. The number of carbonyl (C=O) groups is 2. The summed E-state index contributed by atoms with van der Waals surface area (Å²) in [5.41, 5.74) is 2.19. The molecule has 2 amide bonds. The van der Waals surface area contributed by atoms with E-state index in [0.29, 0.717) is 18.5 Å². The molecule has 0 radical (unpaired) electrons. The molecule has 1 heterocycles. The Kier molecular flexibility index (Phi) is 6.32. The highest BCUT2D eigenvalue weighted by molar-refractivity contribution is 5.95. The summed E-state index contributed by atoms with van der Waals surface area (Å²) >= 11 is 0. The van der Waals surface area contributed by atoms with Crippen LogP contribution in [-0.4, -0.2) is 49.1 Å². The molecule has 0 bridgehead atoms. The van der Waals surface area contributed by atoms with Crippen LogP contribution < -0.4 is 5.32 Å². The van der Waals surface area contributed by atoms with E-state index < -0.39 is 5.60 Å². The summed E-state index contributed by atoms with van der Waals surface area (Å²) in [6.07, 6.45) is 0.328. The fourth-order valence-electron chi connectivity index (χ4n) is 4.06. The van der Waals surface area contributed by atoms with Gasteiger partial charge in [-0.3, -0.25) is 9.59 Å². The van der Waals surface area contributed by atoms with Gasteiger partial charge in [-0.25, -0.2) is 4.39 Å². The van der Waals surface area contributed by atoms with Gasteiger partial charge in [0.15, 0.2) is 5.60 Å². The van der Waals surface area contributed by atoms with Crippen molar-refractivity contribution in [1.29, 1.82) is 0 Å². The zero-order chi connectivity index (χ0) is 22.6.